The third kappa shape index (κ3) is 4.67. The van der Waals surface area contributed by atoms with E-state index in [1.807, 2.05) is 91.0 Å². The fraction of sp³-hybridized carbons (Fsp3) is 0.0345. The van der Waals surface area contributed by atoms with Gasteiger partial charge in [0.15, 0.2) is 0 Å². The summed E-state index contributed by atoms with van der Waals surface area (Å²) < 4.78 is 1.60. The van der Waals surface area contributed by atoms with Crippen molar-refractivity contribution in [2.75, 3.05) is 5.32 Å². The number of nitrogens with zero attached hydrogens (tertiary/aromatic N) is 4. The second-order valence-electron chi connectivity index (χ2n) is 8.29. The van der Waals surface area contributed by atoms with E-state index in [-0.39, 0.29) is 5.56 Å². The minimum atomic E-state index is -0.159. The number of hydrogen-bond donors (Lipinski definition) is 1. The van der Waals surface area contributed by atoms with Crippen molar-refractivity contribution in [3.63, 3.8) is 0 Å². The van der Waals surface area contributed by atoms with Crippen molar-refractivity contribution in [3.8, 4) is 5.69 Å². The molecule has 180 valence electrons. The molecule has 0 fully saturated rings. The standard InChI is InChI=1S/C29H20ClN5OS/c30-22-14-6-9-17-25(22)35-26(32-24-16-8-5-13-21(24)28(35)36)18-37-27-20-12-4-7-15-23(20)33-29(34-27)31-19-10-2-1-3-11-19/h1-17H,18H2,(H,31,33,34). The normalized spacial score (nSPS) is 11.2. The van der Waals surface area contributed by atoms with Crippen LogP contribution in [0.3, 0.4) is 0 Å². The van der Waals surface area contributed by atoms with Gasteiger partial charge >= 0.3 is 0 Å². The van der Waals surface area contributed by atoms with Crippen LogP contribution in [0.2, 0.25) is 5.02 Å². The zero-order valence-electron chi connectivity index (χ0n) is 19.5. The molecule has 6 nitrogen and oxygen atoms in total. The number of aromatic nitrogens is 4. The Kier molecular flexibility index (Phi) is 6.30. The highest BCUT2D eigenvalue weighted by atomic mass is 35.5. The highest BCUT2D eigenvalue weighted by Crippen LogP contribution is 2.31. The second-order valence-corrected chi connectivity index (χ2v) is 9.66. The highest BCUT2D eigenvalue weighted by Gasteiger charge is 2.16. The number of halogens is 1. The quantitative estimate of drug-likeness (QED) is 0.187. The van der Waals surface area contributed by atoms with Crippen LogP contribution in [0, 0.1) is 0 Å². The van der Waals surface area contributed by atoms with Crippen LogP contribution in [0.4, 0.5) is 11.6 Å². The van der Waals surface area contributed by atoms with Gasteiger partial charge in [-0.15, -0.1) is 0 Å². The molecule has 0 saturated carbocycles. The maximum Gasteiger partial charge on any atom is 0.266 e. The van der Waals surface area contributed by atoms with Gasteiger partial charge in [-0.3, -0.25) is 9.36 Å². The monoisotopic (exact) mass is 521 g/mol. The molecule has 37 heavy (non-hydrogen) atoms. The molecule has 0 unspecified atom stereocenters. The minimum Gasteiger partial charge on any atom is -0.324 e. The predicted molar refractivity (Wildman–Crippen MR) is 151 cm³/mol. The number of nitrogens with one attached hydrogen (secondary N) is 1. The van der Waals surface area contributed by atoms with E-state index in [0.717, 1.165) is 21.6 Å². The molecule has 0 aliphatic heterocycles. The number of rotatable bonds is 6. The van der Waals surface area contributed by atoms with Gasteiger partial charge in [-0.05, 0) is 42.5 Å². The van der Waals surface area contributed by atoms with E-state index in [1.54, 1.807) is 16.7 Å². The maximum absolute atomic E-state index is 13.6. The van der Waals surface area contributed by atoms with Crippen molar-refractivity contribution in [1.29, 1.82) is 0 Å². The molecular weight excluding hydrogens is 502 g/mol. The molecule has 4 aromatic carbocycles. The molecule has 0 saturated heterocycles. The van der Waals surface area contributed by atoms with Gasteiger partial charge < -0.3 is 5.32 Å². The first-order valence-corrected chi connectivity index (χ1v) is 13.0. The summed E-state index contributed by atoms with van der Waals surface area (Å²) in [6.45, 7) is 0. The number of hydrogen-bond acceptors (Lipinski definition) is 6. The molecule has 0 aliphatic carbocycles. The van der Waals surface area contributed by atoms with Gasteiger partial charge in [0, 0.05) is 11.1 Å². The molecule has 2 heterocycles. The zero-order chi connectivity index (χ0) is 25.2. The Hall–Kier alpha value is -4.20. The Morgan fingerprint density at radius 1 is 0.730 bits per heavy atom. The lowest BCUT2D eigenvalue weighted by molar-refractivity contribution is 0.883. The van der Waals surface area contributed by atoms with E-state index < -0.39 is 0 Å². The number of thioether (sulfide) groups is 1. The van der Waals surface area contributed by atoms with Crippen LogP contribution in [-0.2, 0) is 5.75 Å². The van der Waals surface area contributed by atoms with Crippen molar-refractivity contribution in [2.24, 2.45) is 0 Å². The van der Waals surface area contributed by atoms with Gasteiger partial charge in [-0.2, -0.15) is 0 Å². The first-order valence-electron chi connectivity index (χ1n) is 11.6. The summed E-state index contributed by atoms with van der Waals surface area (Å²) in [6.07, 6.45) is 0. The molecule has 0 spiro atoms. The Morgan fingerprint density at radius 2 is 1.38 bits per heavy atom. The van der Waals surface area contributed by atoms with Crippen molar-refractivity contribution in [2.45, 2.75) is 10.8 Å². The SMILES string of the molecule is O=c1c2ccccc2nc(CSc2nc(Nc3ccccc3)nc3ccccc23)n1-c1ccccc1Cl. The van der Waals surface area contributed by atoms with Crippen LogP contribution in [0.25, 0.3) is 27.5 Å². The summed E-state index contributed by atoms with van der Waals surface area (Å²) in [7, 11) is 0. The summed E-state index contributed by atoms with van der Waals surface area (Å²) in [4.78, 5) is 28.0. The fourth-order valence-electron chi connectivity index (χ4n) is 4.15. The lowest BCUT2D eigenvalue weighted by atomic mass is 10.2. The Labute approximate surface area is 222 Å². The number of para-hydroxylation sites is 4. The van der Waals surface area contributed by atoms with E-state index in [9.17, 15) is 4.79 Å². The topological polar surface area (TPSA) is 72.7 Å². The van der Waals surface area contributed by atoms with Crippen LogP contribution in [0.5, 0.6) is 0 Å². The first-order chi connectivity index (χ1) is 18.2. The van der Waals surface area contributed by atoms with Crippen LogP contribution in [0.1, 0.15) is 5.82 Å². The number of fused-ring (bicyclic) bond motifs is 2. The van der Waals surface area contributed by atoms with Crippen molar-refractivity contribution in [1.82, 2.24) is 19.5 Å². The maximum atomic E-state index is 13.6. The van der Waals surface area contributed by atoms with Crippen LogP contribution >= 0.6 is 23.4 Å². The summed E-state index contributed by atoms with van der Waals surface area (Å²) in [5.41, 5.74) is 2.81. The summed E-state index contributed by atoms with van der Waals surface area (Å²) >= 11 is 8.03. The molecule has 0 bridgehead atoms. The average Bonchev–Trinajstić information content (AvgIpc) is 2.93. The fourth-order valence-corrected chi connectivity index (χ4v) is 5.31. The Bertz CT molecular complexity index is 1810. The molecule has 1 N–H and O–H groups in total. The molecule has 6 aromatic rings. The van der Waals surface area contributed by atoms with Gasteiger partial charge in [-0.1, -0.05) is 84.0 Å². The molecule has 0 amide bonds. The summed E-state index contributed by atoms with van der Waals surface area (Å²) in [5, 5.41) is 6.03. The van der Waals surface area contributed by atoms with E-state index >= 15 is 0 Å². The molecule has 6 rings (SSSR count). The molecule has 2 aromatic heterocycles. The molecule has 0 radical (unpaired) electrons. The number of anilines is 2. The minimum absolute atomic E-state index is 0.159. The molecule has 0 atom stereocenters. The van der Waals surface area contributed by atoms with E-state index in [4.69, 9.17) is 26.6 Å². The summed E-state index contributed by atoms with van der Waals surface area (Å²) in [6, 6.07) is 32.3. The van der Waals surface area contributed by atoms with Crippen molar-refractivity contribution < 1.29 is 0 Å². The Morgan fingerprint density at radius 3 is 2.16 bits per heavy atom. The van der Waals surface area contributed by atoms with Gasteiger partial charge in [0.2, 0.25) is 5.95 Å². The highest BCUT2D eigenvalue weighted by molar-refractivity contribution is 7.98. The van der Waals surface area contributed by atoms with Crippen LogP contribution < -0.4 is 10.9 Å². The first kappa shape index (κ1) is 23.2. The van der Waals surface area contributed by atoms with E-state index in [1.165, 1.54) is 11.8 Å². The van der Waals surface area contributed by atoms with E-state index in [0.29, 0.717) is 39.1 Å². The average molecular weight is 522 g/mol. The zero-order valence-corrected chi connectivity index (χ0v) is 21.1. The molecule has 8 heteroatoms. The largest absolute Gasteiger partial charge is 0.324 e. The second kappa shape index (κ2) is 10.0. The van der Waals surface area contributed by atoms with Crippen LogP contribution in [0.15, 0.2) is 113 Å². The van der Waals surface area contributed by atoms with Gasteiger partial charge in [0.1, 0.15) is 10.9 Å². The lowest BCUT2D eigenvalue weighted by Crippen LogP contribution is -2.23. The third-order valence-electron chi connectivity index (χ3n) is 5.87. The van der Waals surface area contributed by atoms with Gasteiger partial charge in [0.25, 0.3) is 5.56 Å². The van der Waals surface area contributed by atoms with E-state index in [2.05, 4.69) is 5.32 Å². The predicted octanol–water partition coefficient (Wildman–Crippen LogP) is 7.02. The van der Waals surface area contributed by atoms with Crippen LogP contribution in [-0.4, -0.2) is 19.5 Å². The van der Waals surface area contributed by atoms with Crippen molar-refractivity contribution in [3.05, 3.63) is 124 Å². The third-order valence-corrected chi connectivity index (χ3v) is 7.18. The number of benzene rings is 4. The lowest BCUT2D eigenvalue weighted by Gasteiger charge is -2.15. The van der Waals surface area contributed by atoms with Gasteiger partial charge in [0.05, 0.1) is 32.9 Å². The molecule has 0 aliphatic rings. The Balaban J connectivity index is 1.44. The van der Waals surface area contributed by atoms with Crippen molar-refractivity contribution >= 4 is 56.8 Å². The molecular formula is C29H20ClN5OS. The van der Waals surface area contributed by atoms with Gasteiger partial charge in [-0.25, -0.2) is 15.0 Å². The smallest absolute Gasteiger partial charge is 0.266 e. The summed E-state index contributed by atoms with van der Waals surface area (Å²) in [5.74, 6) is 1.49.